The molecule has 0 bridgehead atoms. The summed E-state index contributed by atoms with van der Waals surface area (Å²) in [5.41, 5.74) is 7.22. The molecule has 0 radical (unpaired) electrons. The number of benzene rings is 2. The number of nitrogens with two attached hydrogens (primary N) is 1. The van der Waals surface area contributed by atoms with Crippen LogP contribution < -0.4 is 24.7 Å². The summed E-state index contributed by atoms with van der Waals surface area (Å²) < 4.78 is 20.8. The molecule has 0 heterocycles. The fourth-order valence-electron chi connectivity index (χ4n) is 2.62. The molecule has 158 valence electrons. The summed E-state index contributed by atoms with van der Waals surface area (Å²) in [4.78, 5) is 24.5. The van der Waals surface area contributed by atoms with Gasteiger partial charge in [-0.25, -0.2) is 0 Å². The van der Waals surface area contributed by atoms with Crippen LogP contribution in [0.4, 0.5) is 0 Å². The van der Waals surface area contributed by atoms with Crippen LogP contribution in [0, 0.1) is 0 Å². The number of ether oxygens (including phenoxy) is 4. The number of hydrogen-bond acceptors (Lipinski definition) is 7. The van der Waals surface area contributed by atoms with E-state index in [9.17, 15) is 9.59 Å². The predicted molar refractivity (Wildman–Crippen MR) is 115 cm³/mol. The molecule has 2 aromatic rings. The van der Waals surface area contributed by atoms with Gasteiger partial charge in [0.2, 0.25) is 0 Å². The van der Waals surface area contributed by atoms with Gasteiger partial charge in [0.1, 0.15) is 6.04 Å². The van der Waals surface area contributed by atoms with E-state index in [2.05, 4.69) is 0 Å². The molecule has 0 unspecified atom stereocenters. The highest BCUT2D eigenvalue weighted by molar-refractivity contribution is 6.16. The van der Waals surface area contributed by atoms with Crippen LogP contribution in [0.1, 0.15) is 11.1 Å². The maximum Gasteiger partial charge on any atom is 0.180 e. The lowest BCUT2D eigenvalue weighted by Gasteiger charge is -2.08. The number of carbonyl (C=O) groups excluding carboxylic acids is 2. The average Bonchev–Trinajstić information content (AvgIpc) is 2.79. The third kappa shape index (κ3) is 5.71. The Labute approximate surface area is 175 Å². The summed E-state index contributed by atoms with van der Waals surface area (Å²) >= 11 is 0. The van der Waals surface area contributed by atoms with E-state index in [-0.39, 0.29) is 0 Å². The number of ketones is 2. The molecule has 30 heavy (non-hydrogen) atoms. The minimum Gasteiger partial charge on any atom is -0.493 e. The normalized spacial score (nSPS) is 11.1. The van der Waals surface area contributed by atoms with Crippen molar-refractivity contribution in [3.63, 3.8) is 0 Å². The molecule has 0 amide bonds. The summed E-state index contributed by atoms with van der Waals surface area (Å²) in [6.07, 6.45) is 5.67. The molecule has 2 N–H and O–H groups in total. The second-order valence-corrected chi connectivity index (χ2v) is 6.18. The number of rotatable bonds is 10. The Balaban J connectivity index is 2.06. The van der Waals surface area contributed by atoms with E-state index in [1.807, 2.05) is 0 Å². The lowest BCUT2D eigenvalue weighted by Crippen LogP contribution is -2.36. The van der Waals surface area contributed by atoms with Crippen molar-refractivity contribution in [3.8, 4) is 23.0 Å². The van der Waals surface area contributed by atoms with Gasteiger partial charge < -0.3 is 24.7 Å². The van der Waals surface area contributed by atoms with Crippen molar-refractivity contribution in [3.05, 3.63) is 59.7 Å². The van der Waals surface area contributed by atoms with Gasteiger partial charge in [-0.3, -0.25) is 9.59 Å². The van der Waals surface area contributed by atoms with Crippen LogP contribution >= 0.6 is 0 Å². The van der Waals surface area contributed by atoms with E-state index in [1.54, 1.807) is 48.6 Å². The minimum absolute atomic E-state index is 0.508. The van der Waals surface area contributed by atoms with Crippen LogP contribution in [0.15, 0.2) is 48.6 Å². The minimum atomic E-state index is -1.29. The first-order valence-corrected chi connectivity index (χ1v) is 9.07. The molecule has 0 aromatic heterocycles. The Kier molecular flexibility index (Phi) is 8.19. The highest BCUT2D eigenvalue weighted by atomic mass is 16.5. The molecular weight excluding hydrogens is 386 g/mol. The van der Waals surface area contributed by atoms with E-state index in [4.69, 9.17) is 24.7 Å². The number of carbonyl (C=O) groups is 2. The van der Waals surface area contributed by atoms with E-state index < -0.39 is 17.6 Å². The van der Waals surface area contributed by atoms with Crippen molar-refractivity contribution in [2.45, 2.75) is 6.04 Å². The van der Waals surface area contributed by atoms with Crippen LogP contribution in [0.25, 0.3) is 12.2 Å². The first-order valence-electron chi connectivity index (χ1n) is 9.07. The summed E-state index contributed by atoms with van der Waals surface area (Å²) in [7, 11) is 6.12. The fraction of sp³-hybridized carbons (Fsp3) is 0.217. The Morgan fingerprint density at radius 1 is 0.700 bits per heavy atom. The molecule has 0 atom stereocenters. The summed E-state index contributed by atoms with van der Waals surface area (Å²) in [5, 5.41) is 0. The average molecular weight is 411 g/mol. The van der Waals surface area contributed by atoms with E-state index in [0.29, 0.717) is 34.1 Å². The Bertz CT molecular complexity index is 887. The van der Waals surface area contributed by atoms with Crippen LogP contribution in [0.5, 0.6) is 23.0 Å². The van der Waals surface area contributed by atoms with Gasteiger partial charge in [-0.15, -0.1) is 0 Å². The maximum absolute atomic E-state index is 12.3. The third-order valence-corrected chi connectivity index (χ3v) is 4.31. The second-order valence-electron chi connectivity index (χ2n) is 6.18. The van der Waals surface area contributed by atoms with Gasteiger partial charge in [0, 0.05) is 0 Å². The molecule has 0 aliphatic rings. The summed E-state index contributed by atoms with van der Waals surface area (Å²) in [5.74, 6) is 1.20. The zero-order valence-corrected chi connectivity index (χ0v) is 17.4. The fourth-order valence-corrected chi connectivity index (χ4v) is 2.62. The molecule has 0 saturated heterocycles. The molecule has 7 nitrogen and oxygen atoms in total. The van der Waals surface area contributed by atoms with Crippen molar-refractivity contribution in [1.29, 1.82) is 0 Å². The first-order chi connectivity index (χ1) is 14.4. The first kappa shape index (κ1) is 22.7. The lowest BCUT2D eigenvalue weighted by atomic mass is 10.1. The molecule has 0 spiro atoms. The van der Waals surface area contributed by atoms with Crippen molar-refractivity contribution in [2.24, 2.45) is 5.73 Å². The molecule has 0 aliphatic heterocycles. The molecule has 0 saturated carbocycles. The van der Waals surface area contributed by atoms with Crippen molar-refractivity contribution < 1.29 is 28.5 Å². The number of hydrogen-bond donors (Lipinski definition) is 1. The Morgan fingerprint density at radius 3 is 1.40 bits per heavy atom. The highest BCUT2D eigenvalue weighted by Crippen LogP contribution is 2.28. The van der Waals surface area contributed by atoms with Crippen molar-refractivity contribution >= 4 is 23.7 Å². The summed E-state index contributed by atoms with van der Waals surface area (Å²) in [6.45, 7) is 0. The smallest absolute Gasteiger partial charge is 0.180 e. The predicted octanol–water partition coefficient (Wildman–Crippen LogP) is 2.91. The standard InChI is InChI=1S/C23H25NO6/c1-27-19-11-7-15(13-21(19)29-3)5-9-17(25)23(24)18(26)10-6-16-8-12-20(28-2)22(14-16)30-4/h5-14,23H,24H2,1-4H3/b9-5+,10-6+. The van der Waals surface area contributed by atoms with Gasteiger partial charge in [-0.2, -0.15) is 0 Å². The molecule has 0 fully saturated rings. The van der Waals surface area contributed by atoms with Crippen LogP contribution in [-0.4, -0.2) is 46.0 Å². The molecule has 2 aromatic carbocycles. The highest BCUT2D eigenvalue weighted by Gasteiger charge is 2.17. The van der Waals surface area contributed by atoms with Gasteiger partial charge in [0.05, 0.1) is 28.4 Å². The van der Waals surface area contributed by atoms with E-state index in [1.165, 1.54) is 40.6 Å². The van der Waals surface area contributed by atoms with Gasteiger partial charge in [0.25, 0.3) is 0 Å². The van der Waals surface area contributed by atoms with Gasteiger partial charge >= 0.3 is 0 Å². The van der Waals surface area contributed by atoms with Crippen molar-refractivity contribution in [2.75, 3.05) is 28.4 Å². The molecular formula is C23H25NO6. The zero-order chi connectivity index (χ0) is 22.1. The third-order valence-electron chi connectivity index (χ3n) is 4.31. The maximum atomic E-state index is 12.3. The Hall–Kier alpha value is -3.58. The van der Waals surface area contributed by atoms with Crippen LogP contribution in [0.3, 0.4) is 0 Å². The van der Waals surface area contributed by atoms with Crippen LogP contribution in [-0.2, 0) is 9.59 Å². The Morgan fingerprint density at radius 2 is 1.07 bits per heavy atom. The largest absolute Gasteiger partial charge is 0.493 e. The van der Waals surface area contributed by atoms with Gasteiger partial charge in [-0.05, 0) is 47.5 Å². The van der Waals surface area contributed by atoms with Gasteiger partial charge in [0.15, 0.2) is 34.6 Å². The SMILES string of the molecule is COc1ccc(/C=C/C(=O)C(N)C(=O)/C=C/c2ccc(OC)c(OC)c2)cc1OC. The van der Waals surface area contributed by atoms with Gasteiger partial charge in [-0.1, -0.05) is 24.3 Å². The topological polar surface area (TPSA) is 97.1 Å². The molecule has 7 heteroatoms. The van der Waals surface area contributed by atoms with Crippen molar-refractivity contribution in [1.82, 2.24) is 0 Å². The van der Waals surface area contributed by atoms with E-state index in [0.717, 1.165) is 0 Å². The zero-order valence-electron chi connectivity index (χ0n) is 17.4. The molecule has 2 rings (SSSR count). The quantitative estimate of drug-likeness (QED) is 0.474. The molecule has 0 aliphatic carbocycles. The second kappa shape index (κ2) is 10.8. The van der Waals surface area contributed by atoms with E-state index >= 15 is 0 Å². The lowest BCUT2D eigenvalue weighted by molar-refractivity contribution is -0.123. The van der Waals surface area contributed by atoms with Crippen LogP contribution in [0.2, 0.25) is 0 Å². The summed E-state index contributed by atoms with van der Waals surface area (Å²) in [6, 6.07) is 9.10. The monoisotopic (exact) mass is 411 g/mol. The number of methoxy groups -OCH3 is 4.